The largest absolute Gasteiger partial charge is 0.493 e. The van der Waals surface area contributed by atoms with Crippen LogP contribution in [0.4, 0.5) is 0 Å². The second-order valence-corrected chi connectivity index (χ2v) is 6.65. The van der Waals surface area contributed by atoms with E-state index in [0.29, 0.717) is 0 Å². The predicted octanol–water partition coefficient (Wildman–Crippen LogP) is 1.81. The van der Waals surface area contributed by atoms with Crippen molar-refractivity contribution in [3.8, 4) is 5.88 Å². The Labute approximate surface area is 112 Å². The fraction of sp³-hybridized carbons (Fsp3) is 0.692. The van der Waals surface area contributed by atoms with E-state index in [1.54, 1.807) is 20.8 Å². The molecule has 1 aromatic heterocycles. The van der Waals surface area contributed by atoms with Gasteiger partial charge in [-0.15, -0.1) is 0 Å². The molecule has 0 aliphatic heterocycles. The van der Waals surface area contributed by atoms with Gasteiger partial charge in [0.05, 0.1) is 6.20 Å². The van der Waals surface area contributed by atoms with Gasteiger partial charge >= 0.3 is 11.7 Å². The second-order valence-electron chi connectivity index (χ2n) is 6.65. The maximum Gasteiger partial charge on any atom is 0.330 e. The number of aromatic hydroxyl groups is 1. The number of carbonyl (C=O) groups excluding carboxylic acids is 1. The Morgan fingerprint density at radius 2 is 1.84 bits per heavy atom. The number of nitrogens with one attached hydrogen (secondary N) is 1. The lowest BCUT2D eigenvalue weighted by Gasteiger charge is -2.32. The molecule has 0 aliphatic rings. The third kappa shape index (κ3) is 3.87. The summed E-state index contributed by atoms with van der Waals surface area (Å²) >= 11 is 0. The van der Waals surface area contributed by atoms with Crippen LogP contribution in [0.2, 0.25) is 0 Å². The Balaban J connectivity index is 3.21. The Morgan fingerprint density at radius 3 is 2.16 bits per heavy atom. The average molecular weight is 270 g/mol. The summed E-state index contributed by atoms with van der Waals surface area (Å²) in [5.41, 5.74) is -1.70. The van der Waals surface area contributed by atoms with Crippen molar-refractivity contribution in [3.05, 3.63) is 16.7 Å². The number of carbonyl (C=O) groups is 1. The van der Waals surface area contributed by atoms with Gasteiger partial charge in [0.25, 0.3) is 0 Å². The quantitative estimate of drug-likeness (QED) is 0.803. The fourth-order valence-electron chi connectivity index (χ4n) is 1.83. The SMILES string of the molecule is CC(C)(C)OC(=O)[C@@H](n1cc(O)[nH]c1=O)C(C)(C)C. The lowest BCUT2D eigenvalue weighted by molar-refractivity contribution is -0.162. The molecule has 2 N–H and O–H groups in total. The van der Waals surface area contributed by atoms with Gasteiger partial charge in [0.2, 0.25) is 5.88 Å². The standard InChI is InChI=1S/C13H22N2O4/c1-12(2,3)9(10(17)19-13(4,5)6)15-7-8(16)14-11(15)18/h7,9,16H,1-6H3,(H,14,18)/t9-/m1/s1. The van der Waals surface area contributed by atoms with Crippen molar-refractivity contribution in [1.29, 1.82) is 0 Å². The molecule has 19 heavy (non-hydrogen) atoms. The van der Waals surface area contributed by atoms with Crippen LogP contribution in [0.25, 0.3) is 0 Å². The number of aromatic nitrogens is 2. The van der Waals surface area contributed by atoms with Crippen molar-refractivity contribution < 1.29 is 14.6 Å². The summed E-state index contributed by atoms with van der Waals surface area (Å²) in [5.74, 6) is -0.774. The number of rotatable bonds is 2. The molecule has 0 aromatic carbocycles. The van der Waals surface area contributed by atoms with Crippen molar-refractivity contribution in [2.45, 2.75) is 53.2 Å². The lowest BCUT2D eigenvalue weighted by atomic mass is 9.86. The van der Waals surface area contributed by atoms with Crippen LogP contribution in [0.1, 0.15) is 47.6 Å². The molecule has 1 atom stereocenters. The molecule has 0 bridgehead atoms. The highest BCUT2D eigenvalue weighted by molar-refractivity contribution is 5.75. The van der Waals surface area contributed by atoms with E-state index in [2.05, 4.69) is 4.98 Å². The summed E-state index contributed by atoms with van der Waals surface area (Å²) in [5, 5.41) is 9.33. The van der Waals surface area contributed by atoms with Gasteiger partial charge in [-0.25, -0.2) is 9.59 Å². The maximum atomic E-state index is 12.3. The number of imidazole rings is 1. The van der Waals surface area contributed by atoms with Crippen LogP contribution in [0.15, 0.2) is 11.0 Å². The average Bonchev–Trinajstić information content (AvgIpc) is 2.39. The Hall–Kier alpha value is -1.72. The molecule has 0 unspecified atom stereocenters. The summed E-state index contributed by atoms with van der Waals surface area (Å²) < 4.78 is 6.52. The lowest BCUT2D eigenvalue weighted by Crippen LogP contribution is -2.40. The van der Waals surface area contributed by atoms with Gasteiger partial charge in [0.1, 0.15) is 11.6 Å². The van der Waals surface area contributed by atoms with Gasteiger partial charge in [-0.05, 0) is 26.2 Å². The Bertz CT molecular complexity index is 514. The van der Waals surface area contributed by atoms with Crippen LogP contribution < -0.4 is 5.69 Å². The topological polar surface area (TPSA) is 84.3 Å². The number of hydrogen-bond donors (Lipinski definition) is 2. The van der Waals surface area contributed by atoms with Crippen LogP contribution in [-0.4, -0.2) is 26.2 Å². The molecule has 0 aliphatic carbocycles. The first-order chi connectivity index (χ1) is 8.42. The number of hydrogen-bond acceptors (Lipinski definition) is 4. The first kappa shape index (κ1) is 15.3. The molecule has 0 saturated carbocycles. The van der Waals surface area contributed by atoms with Gasteiger partial charge < -0.3 is 9.84 Å². The molecule has 0 saturated heterocycles. The van der Waals surface area contributed by atoms with Gasteiger partial charge in [0.15, 0.2) is 0 Å². The fourth-order valence-corrected chi connectivity index (χ4v) is 1.83. The number of H-pyrrole nitrogens is 1. The summed E-state index contributed by atoms with van der Waals surface area (Å²) in [6.07, 6.45) is 1.21. The van der Waals surface area contributed by atoms with E-state index in [1.807, 2.05) is 20.8 Å². The molecular weight excluding hydrogens is 248 g/mol. The van der Waals surface area contributed by atoms with Crippen LogP contribution in [0, 0.1) is 5.41 Å². The van der Waals surface area contributed by atoms with Crippen molar-refractivity contribution >= 4 is 5.97 Å². The molecule has 1 rings (SSSR count). The van der Waals surface area contributed by atoms with E-state index >= 15 is 0 Å². The van der Waals surface area contributed by atoms with E-state index in [0.717, 1.165) is 0 Å². The van der Waals surface area contributed by atoms with Crippen LogP contribution in [-0.2, 0) is 9.53 Å². The monoisotopic (exact) mass is 270 g/mol. The van der Waals surface area contributed by atoms with E-state index in [9.17, 15) is 14.7 Å². The van der Waals surface area contributed by atoms with E-state index < -0.39 is 28.7 Å². The maximum absolute atomic E-state index is 12.3. The third-order valence-corrected chi connectivity index (χ3v) is 2.46. The van der Waals surface area contributed by atoms with Gasteiger partial charge in [-0.2, -0.15) is 0 Å². The second kappa shape index (κ2) is 4.75. The minimum Gasteiger partial charge on any atom is -0.493 e. The van der Waals surface area contributed by atoms with Gasteiger partial charge in [-0.3, -0.25) is 9.55 Å². The molecule has 0 fully saturated rings. The molecule has 1 heterocycles. The molecule has 6 nitrogen and oxygen atoms in total. The number of aromatic amines is 1. The zero-order valence-electron chi connectivity index (χ0n) is 12.3. The predicted molar refractivity (Wildman–Crippen MR) is 71.1 cm³/mol. The van der Waals surface area contributed by atoms with Crippen molar-refractivity contribution in [2.75, 3.05) is 0 Å². The number of ether oxygens (including phenoxy) is 1. The van der Waals surface area contributed by atoms with Crippen LogP contribution in [0.3, 0.4) is 0 Å². The zero-order valence-corrected chi connectivity index (χ0v) is 12.3. The minimum atomic E-state index is -0.809. The van der Waals surface area contributed by atoms with E-state index in [1.165, 1.54) is 10.8 Å². The zero-order chi connectivity index (χ0) is 15.0. The van der Waals surface area contributed by atoms with Crippen molar-refractivity contribution in [3.63, 3.8) is 0 Å². The highest BCUT2D eigenvalue weighted by atomic mass is 16.6. The summed E-state index contributed by atoms with van der Waals surface area (Å²) in [6, 6.07) is -0.809. The number of esters is 1. The normalized spacial score (nSPS) is 14.2. The van der Waals surface area contributed by atoms with Crippen molar-refractivity contribution in [1.82, 2.24) is 9.55 Å². The minimum absolute atomic E-state index is 0.275. The van der Waals surface area contributed by atoms with E-state index in [-0.39, 0.29) is 5.88 Å². The highest BCUT2D eigenvalue weighted by Crippen LogP contribution is 2.32. The number of nitrogens with zero attached hydrogens (tertiary/aromatic N) is 1. The molecule has 1 aromatic rings. The van der Waals surface area contributed by atoms with Gasteiger partial charge in [-0.1, -0.05) is 20.8 Å². The van der Waals surface area contributed by atoms with Crippen LogP contribution in [0.5, 0.6) is 5.88 Å². The molecule has 0 radical (unpaired) electrons. The summed E-state index contributed by atoms with van der Waals surface area (Å²) in [7, 11) is 0. The molecule has 6 heteroatoms. The smallest absolute Gasteiger partial charge is 0.330 e. The highest BCUT2D eigenvalue weighted by Gasteiger charge is 2.37. The molecule has 0 spiro atoms. The van der Waals surface area contributed by atoms with Gasteiger partial charge in [0, 0.05) is 0 Å². The molecular formula is C13H22N2O4. The first-order valence-electron chi connectivity index (χ1n) is 6.15. The Kier molecular flexibility index (Phi) is 3.84. The summed E-state index contributed by atoms with van der Waals surface area (Å²) in [4.78, 5) is 26.3. The summed E-state index contributed by atoms with van der Waals surface area (Å²) in [6.45, 7) is 10.8. The van der Waals surface area contributed by atoms with Crippen molar-refractivity contribution in [2.24, 2.45) is 5.41 Å². The van der Waals surface area contributed by atoms with E-state index in [4.69, 9.17) is 4.74 Å². The third-order valence-electron chi connectivity index (χ3n) is 2.46. The molecule has 0 amide bonds. The first-order valence-corrected chi connectivity index (χ1v) is 6.15. The van der Waals surface area contributed by atoms with Crippen LogP contribution >= 0.6 is 0 Å². The Morgan fingerprint density at radius 1 is 1.32 bits per heavy atom. The molecule has 108 valence electrons.